The van der Waals surface area contributed by atoms with Gasteiger partial charge in [-0.05, 0) is 25.3 Å². The van der Waals surface area contributed by atoms with Crippen LogP contribution in [0.3, 0.4) is 0 Å². The molecule has 6 heteroatoms. The molecule has 5 nitrogen and oxygen atoms in total. The molecular formula is C14H21NO4S. The number of ether oxygens (including phenoxy) is 2. The van der Waals surface area contributed by atoms with Crippen LogP contribution in [-0.2, 0) is 14.3 Å². The van der Waals surface area contributed by atoms with E-state index in [1.807, 2.05) is 17.5 Å². The van der Waals surface area contributed by atoms with Crippen LogP contribution in [0.15, 0.2) is 17.5 Å². The van der Waals surface area contributed by atoms with Gasteiger partial charge in [-0.25, -0.2) is 4.79 Å². The second-order valence-corrected chi connectivity index (χ2v) is 5.74. The number of carbonyl (C=O) groups is 2. The van der Waals surface area contributed by atoms with Gasteiger partial charge in [-0.2, -0.15) is 0 Å². The largest absolute Gasteiger partial charge is 0.457 e. The zero-order chi connectivity index (χ0) is 15.1. The lowest BCUT2D eigenvalue weighted by Crippen LogP contribution is -2.31. The van der Waals surface area contributed by atoms with Gasteiger partial charge in [0.2, 0.25) is 0 Å². The molecule has 0 fully saturated rings. The predicted octanol–water partition coefficient (Wildman–Crippen LogP) is 3.22. The number of thiophene rings is 1. The summed E-state index contributed by atoms with van der Waals surface area (Å²) in [5.41, 5.74) is 0. The van der Waals surface area contributed by atoms with E-state index in [0.717, 1.165) is 4.88 Å². The Morgan fingerprint density at radius 2 is 2.05 bits per heavy atom. The second-order valence-electron chi connectivity index (χ2n) is 4.76. The van der Waals surface area contributed by atoms with Crippen LogP contribution >= 0.6 is 11.3 Å². The summed E-state index contributed by atoms with van der Waals surface area (Å²) in [7, 11) is 1.67. The number of esters is 1. The van der Waals surface area contributed by atoms with E-state index in [1.54, 1.807) is 20.9 Å². The van der Waals surface area contributed by atoms with Crippen LogP contribution in [0.5, 0.6) is 0 Å². The fourth-order valence-corrected chi connectivity index (χ4v) is 2.42. The Kier molecular flexibility index (Phi) is 6.51. The van der Waals surface area contributed by atoms with Crippen LogP contribution < -0.4 is 0 Å². The highest BCUT2D eigenvalue weighted by Gasteiger charge is 2.19. The van der Waals surface area contributed by atoms with Crippen LogP contribution in [-0.4, -0.2) is 36.7 Å². The summed E-state index contributed by atoms with van der Waals surface area (Å²) in [5, 5.41) is 1.93. The fourth-order valence-electron chi connectivity index (χ4n) is 1.63. The van der Waals surface area contributed by atoms with Gasteiger partial charge in [-0.1, -0.05) is 6.07 Å². The van der Waals surface area contributed by atoms with E-state index >= 15 is 0 Å². The molecule has 20 heavy (non-hydrogen) atoms. The van der Waals surface area contributed by atoms with Crippen LogP contribution in [0, 0.1) is 0 Å². The topological polar surface area (TPSA) is 55.8 Å². The van der Waals surface area contributed by atoms with Crippen LogP contribution in [0.1, 0.15) is 38.2 Å². The SMILES string of the molecule is CC(=O)O[C@@H](CCN(C)C(=O)OC(C)C)c1cccs1. The van der Waals surface area contributed by atoms with E-state index in [1.165, 1.54) is 23.2 Å². The lowest BCUT2D eigenvalue weighted by molar-refractivity contribution is -0.147. The first-order valence-corrected chi connectivity index (χ1v) is 7.40. The summed E-state index contributed by atoms with van der Waals surface area (Å²) in [6.07, 6.45) is -0.287. The molecule has 0 radical (unpaired) electrons. The molecule has 1 rings (SSSR count). The van der Waals surface area contributed by atoms with Gasteiger partial charge in [0.05, 0.1) is 6.10 Å². The smallest absolute Gasteiger partial charge is 0.409 e. The second kappa shape index (κ2) is 7.89. The zero-order valence-corrected chi connectivity index (χ0v) is 13.1. The van der Waals surface area contributed by atoms with E-state index in [-0.39, 0.29) is 24.3 Å². The Bertz CT molecular complexity index is 430. The van der Waals surface area contributed by atoms with Gasteiger partial charge >= 0.3 is 12.1 Å². The van der Waals surface area contributed by atoms with Crippen molar-refractivity contribution >= 4 is 23.4 Å². The van der Waals surface area contributed by atoms with Gasteiger partial charge in [0, 0.05) is 31.8 Å². The van der Waals surface area contributed by atoms with Crippen LogP contribution in [0.4, 0.5) is 4.79 Å². The van der Waals surface area contributed by atoms with E-state index in [0.29, 0.717) is 13.0 Å². The first kappa shape index (κ1) is 16.5. The highest BCUT2D eigenvalue weighted by molar-refractivity contribution is 7.10. The molecule has 0 saturated carbocycles. The Labute approximate surface area is 123 Å². The van der Waals surface area contributed by atoms with Crippen molar-refractivity contribution in [3.63, 3.8) is 0 Å². The molecule has 0 saturated heterocycles. The molecule has 0 aliphatic carbocycles. The highest BCUT2D eigenvalue weighted by Crippen LogP contribution is 2.26. The maximum Gasteiger partial charge on any atom is 0.409 e. The monoisotopic (exact) mass is 299 g/mol. The lowest BCUT2D eigenvalue weighted by Gasteiger charge is -2.21. The Balaban J connectivity index is 2.54. The van der Waals surface area contributed by atoms with Crippen molar-refractivity contribution in [2.45, 2.75) is 39.4 Å². The van der Waals surface area contributed by atoms with Crippen molar-refractivity contribution in [3.05, 3.63) is 22.4 Å². The van der Waals surface area contributed by atoms with Gasteiger partial charge in [-0.3, -0.25) is 4.79 Å². The summed E-state index contributed by atoms with van der Waals surface area (Å²) in [5.74, 6) is -0.323. The first-order chi connectivity index (χ1) is 9.40. The van der Waals surface area contributed by atoms with E-state index in [4.69, 9.17) is 9.47 Å². The highest BCUT2D eigenvalue weighted by atomic mass is 32.1. The molecule has 0 aliphatic heterocycles. The summed E-state index contributed by atoms with van der Waals surface area (Å²) in [4.78, 5) is 25.3. The standard InChI is InChI=1S/C14H21NO4S/c1-10(2)18-14(17)15(4)8-7-12(19-11(3)16)13-6-5-9-20-13/h5-6,9-10,12H,7-8H2,1-4H3/t12-/m0/s1. The average molecular weight is 299 g/mol. The summed E-state index contributed by atoms with van der Waals surface area (Å²) in [6.45, 7) is 5.46. The molecule has 1 amide bonds. The molecular weight excluding hydrogens is 278 g/mol. The number of nitrogens with zero attached hydrogens (tertiary/aromatic N) is 1. The average Bonchev–Trinajstić information content (AvgIpc) is 2.86. The molecule has 0 bridgehead atoms. The molecule has 1 aromatic rings. The van der Waals surface area contributed by atoms with E-state index < -0.39 is 0 Å². The third-order valence-electron chi connectivity index (χ3n) is 2.54. The first-order valence-electron chi connectivity index (χ1n) is 6.52. The third-order valence-corrected chi connectivity index (χ3v) is 3.51. The minimum Gasteiger partial charge on any atom is -0.457 e. The maximum absolute atomic E-state index is 11.7. The number of hydrogen-bond acceptors (Lipinski definition) is 5. The summed E-state index contributed by atoms with van der Waals surface area (Å²) in [6, 6.07) is 3.83. The number of carbonyl (C=O) groups excluding carboxylic acids is 2. The van der Waals surface area contributed by atoms with Crippen molar-refractivity contribution in [2.24, 2.45) is 0 Å². The van der Waals surface area contributed by atoms with Gasteiger partial charge in [0.1, 0.15) is 6.10 Å². The normalized spacial score (nSPS) is 12.1. The van der Waals surface area contributed by atoms with E-state index in [9.17, 15) is 9.59 Å². The summed E-state index contributed by atoms with van der Waals surface area (Å²) < 4.78 is 10.4. The Hall–Kier alpha value is -1.56. The van der Waals surface area contributed by atoms with Crippen LogP contribution in [0.25, 0.3) is 0 Å². The van der Waals surface area contributed by atoms with Crippen molar-refractivity contribution in [1.82, 2.24) is 4.90 Å². The lowest BCUT2D eigenvalue weighted by atomic mass is 10.2. The van der Waals surface area contributed by atoms with Crippen molar-refractivity contribution in [1.29, 1.82) is 0 Å². The Morgan fingerprint density at radius 3 is 2.55 bits per heavy atom. The molecule has 1 atom stereocenters. The quantitative estimate of drug-likeness (QED) is 0.757. The molecule has 0 N–H and O–H groups in total. The number of hydrogen-bond donors (Lipinski definition) is 0. The molecule has 0 aromatic carbocycles. The number of amides is 1. The molecule has 112 valence electrons. The molecule has 1 heterocycles. The molecule has 1 aromatic heterocycles. The van der Waals surface area contributed by atoms with Crippen molar-refractivity contribution in [3.8, 4) is 0 Å². The van der Waals surface area contributed by atoms with Crippen LogP contribution in [0.2, 0.25) is 0 Å². The molecule has 0 spiro atoms. The van der Waals surface area contributed by atoms with Gasteiger partial charge < -0.3 is 14.4 Å². The Morgan fingerprint density at radius 1 is 1.35 bits per heavy atom. The van der Waals surface area contributed by atoms with Crippen molar-refractivity contribution in [2.75, 3.05) is 13.6 Å². The van der Waals surface area contributed by atoms with E-state index in [2.05, 4.69) is 0 Å². The maximum atomic E-state index is 11.7. The minimum absolute atomic E-state index is 0.147. The van der Waals surface area contributed by atoms with Gasteiger partial charge in [0.25, 0.3) is 0 Å². The zero-order valence-electron chi connectivity index (χ0n) is 12.3. The van der Waals surface area contributed by atoms with Gasteiger partial charge in [-0.15, -0.1) is 11.3 Å². The van der Waals surface area contributed by atoms with Gasteiger partial charge in [0.15, 0.2) is 0 Å². The summed E-state index contributed by atoms with van der Waals surface area (Å²) >= 11 is 1.53. The predicted molar refractivity (Wildman–Crippen MR) is 77.7 cm³/mol. The molecule has 0 aliphatic rings. The third kappa shape index (κ3) is 5.61. The minimum atomic E-state index is -0.368. The fraction of sp³-hybridized carbons (Fsp3) is 0.571. The number of rotatable bonds is 6. The molecule has 0 unspecified atom stereocenters. The van der Waals surface area contributed by atoms with Crippen molar-refractivity contribution < 1.29 is 19.1 Å².